The van der Waals surface area contributed by atoms with Crippen molar-refractivity contribution in [3.63, 3.8) is 0 Å². The van der Waals surface area contributed by atoms with E-state index in [1.165, 1.54) is 25.1 Å². The molecule has 0 saturated heterocycles. The number of hydrogen-bond acceptors (Lipinski definition) is 6. The van der Waals surface area contributed by atoms with Gasteiger partial charge in [-0.15, -0.1) is 0 Å². The van der Waals surface area contributed by atoms with Crippen molar-refractivity contribution in [2.24, 2.45) is 0 Å². The van der Waals surface area contributed by atoms with Gasteiger partial charge in [0.05, 0.1) is 18.2 Å². The topological polar surface area (TPSA) is 78.1 Å². The highest BCUT2D eigenvalue weighted by molar-refractivity contribution is 7.99. The zero-order valence-electron chi connectivity index (χ0n) is 12.2. The van der Waals surface area contributed by atoms with Crippen LogP contribution in [-0.2, 0) is 0 Å². The number of nitrogens with zero attached hydrogens (tertiary/aromatic N) is 2. The first-order valence-corrected chi connectivity index (χ1v) is 7.50. The van der Waals surface area contributed by atoms with Crippen LogP contribution in [0, 0.1) is 6.92 Å². The number of aromatic nitrogens is 2. The van der Waals surface area contributed by atoms with Crippen molar-refractivity contribution in [3.05, 3.63) is 41.1 Å². The minimum atomic E-state index is -0.235. The second-order valence-corrected chi connectivity index (χ2v) is 5.65. The van der Waals surface area contributed by atoms with Crippen molar-refractivity contribution in [1.82, 2.24) is 9.97 Å². The molecule has 5 nitrogen and oxygen atoms in total. The van der Waals surface area contributed by atoms with Gasteiger partial charge in [-0.2, -0.15) is 0 Å². The highest BCUT2D eigenvalue weighted by Gasteiger charge is 2.18. The summed E-state index contributed by atoms with van der Waals surface area (Å²) in [4.78, 5) is 20.9. The number of anilines is 1. The molecule has 0 amide bonds. The molecule has 0 atom stereocenters. The molecule has 1 heterocycles. The summed E-state index contributed by atoms with van der Waals surface area (Å²) in [6, 6.07) is 5.42. The van der Waals surface area contributed by atoms with Crippen LogP contribution in [-0.4, -0.2) is 28.6 Å². The molecule has 0 fully saturated rings. The minimum absolute atomic E-state index is 0.189. The second-order valence-electron chi connectivity index (χ2n) is 4.42. The molecule has 2 rings (SSSR count). The Hall–Kier alpha value is -2.08. The Balaban J connectivity index is 2.43. The largest absolute Gasteiger partial charge is 0.496 e. The van der Waals surface area contributed by atoms with Crippen molar-refractivity contribution >= 4 is 23.4 Å². The van der Waals surface area contributed by atoms with Gasteiger partial charge in [0.1, 0.15) is 11.6 Å². The summed E-state index contributed by atoms with van der Waals surface area (Å²) >= 11 is 1.48. The number of rotatable bonds is 5. The Labute approximate surface area is 127 Å². The molecule has 0 aliphatic carbocycles. The molecule has 0 spiro atoms. The summed E-state index contributed by atoms with van der Waals surface area (Å²) in [5, 5.41) is 0.572. The van der Waals surface area contributed by atoms with Gasteiger partial charge >= 0.3 is 0 Å². The van der Waals surface area contributed by atoms with Gasteiger partial charge in [0.25, 0.3) is 0 Å². The van der Waals surface area contributed by atoms with Gasteiger partial charge < -0.3 is 10.5 Å². The zero-order valence-corrected chi connectivity index (χ0v) is 13.0. The molecule has 21 heavy (non-hydrogen) atoms. The third kappa shape index (κ3) is 3.33. The molecule has 0 radical (unpaired) electrons. The SMILES string of the molecule is CCSc1ncc(C(=O)c2cc(C)ccc2OC)c(N)n1. The van der Waals surface area contributed by atoms with Crippen LogP contribution in [0.2, 0.25) is 0 Å². The maximum Gasteiger partial charge on any atom is 0.202 e. The van der Waals surface area contributed by atoms with Gasteiger partial charge in [-0.3, -0.25) is 4.79 Å². The van der Waals surface area contributed by atoms with Crippen LogP contribution in [0.25, 0.3) is 0 Å². The number of aryl methyl sites for hydroxylation is 1. The van der Waals surface area contributed by atoms with E-state index >= 15 is 0 Å². The van der Waals surface area contributed by atoms with Gasteiger partial charge in [-0.25, -0.2) is 9.97 Å². The zero-order chi connectivity index (χ0) is 15.4. The first-order chi connectivity index (χ1) is 10.1. The summed E-state index contributed by atoms with van der Waals surface area (Å²) in [5.41, 5.74) is 7.62. The van der Waals surface area contributed by atoms with Gasteiger partial charge in [0.2, 0.25) is 5.78 Å². The summed E-state index contributed by atoms with van der Waals surface area (Å²) in [6.45, 7) is 3.91. The Kier molecular flexibility index (Phi) is 4.80. The van der Waals surface area contributed by atoms with E-state index in [4.69, 9.17) is 10.5 Å². The van der Waals surface area contributed by atoms with E-state index in [2.05, 4.69) is 9.97 Å². The monoisotopic (exact) mass is 303 g/mol. The number of methoxy groups -OCH3 is 1. The number of carbonyl (C=O) groups is 1. The van der Waals surface area contributed by atoms with Gasteiger partial charge in [0.15, 0.2) is 5.16 Å². The molecule has 110 valence electrons. The quantitative estimate of drug-likeness (QED) is 0.520. The second kappa shape index (κ2) is 6.58. The number of carbonyl (C=O) groups excluding carboxylic acids is 1. The maximum atomic E-state index is 12.6. The predicted molar refractivity (Wildman–Crippen MR) is 84.0 cm³/mol. The number of nitrogen functional groups attached to an aromatic ring is 1. The van der Waals surface area contributed by atoms with Gasteiger partial charge in [-0.05, 0) is 24.8 Å². The van der Waals surface area contributed by atoms with E-state index in [0.717, 1.165) is 11.3 Å². The molecule has 6 heteroatoms. The molecule has 0 aliphatic rings. The van der Waals surface area contributed by atoms with Crippen LogP contribution in [0.3, 0.4) is 0 Å². The van der Waals surface area contributed by atoms with E-state index in [1.807, 2.05) is 19.9 Å². The standard InChI is InChI=1S/C15H17N3O2S/c1-4-21-15-17-8-11(14(16)18-15)13(19)10-7-9(2)5-6-12(10)20-3/h5-8H,4H2,1-3H3,(H2,16,17,18). The van der Waals surface area contributed by atoms with Crippen molar-refractivity contribution in [1.29, 1.82) is 0 Å². The number of benzene rings is 1. The fourth-order valence-corrected chi connectivity index (χ4v) is 2.44. The molecule has 2 N–H and O–H groups in total. The Bertz CT molecular complexity index is 674. The third-order valence-corrected chi connectivity index (χ3v) is 3.66. The lowest BCUT2D eigenvalue weighted by Gasteiger charge is -2.10. The minimum Gasteiger partial charge on any atom is -0.496 e. The van der Waals surface area contributed by atoms with E-state index < -0.39 is 0 Å². The Morgan fingerprint density at radius 1 is 1.38 bits per heavy atom. The first kappa shape index (κ1) is 15.3. The smallest absolute Gasteiger partial charge is 0.202 e. The highest BCUT2D eigenvalue weighted by atomic mass is 32.2. The molecule has 2 aromatic rings. The number of hydrogen-bond donors (Lipinski definition) is 1. The fourth-order valence-electron chi connectivity index (χ4n) is 1.90. The Morgan fingerprint density at radius 2 is 2.14 bits per heavy atom. The highest BCUT2D eigenvalue weighted by Crippen LogP contribution is 2.25. The predicted octanol–water partition coefficient (Wildman–Crippen LogP) is 2.72. The number of nitrogens with two attached hydrogens (primary N) is 1. The molecule has 0 unspecified atom stereocenters. The van der Waals surface area contributed by atoms with Crippen molar-refractivity contribution in [2.45, 2.75) is 19.0 Å². The first-order valence-electron chi connectivity index (χ1n) is 6.51. The average molecular weight is 303 g/mol. The van der Waals surface area contributed by atoms with E-state index in [0.29, 0.717) is 22.0 Å². The summed E-state index contributed by atoms with van der Waals surface area (Å²) < 4.78 is 5.24. The lowest BCUT2D eigenvalue weighted by Crippen LogP contribution is -2.10. The Morgan fingerprint density at radius 3 is 2.76 bits per heavy atom. The normalized spacial score (nSPS) is 10.4. The van der Waals surface area contributed by atoms with Crippen LogP contribution >= 0.6 is 11.8 Å². The number of ether oxygens (including phenoxy) is 1. The number of thioether (sulfide) groups is 1. The molecular formula is C15H17N3O2S. The third-order valence-electron chi connectivity index (χ3n) is 2.91. The van der Waals surface area contributed by atoms with E-state index in [1.54, 1.807) is 12.1 Å². The van der Waals surface area contributed by atoms with Crippen LogP contribution in [0.1, 0.15) is 28.4 Å². The van der Waals surface area contributed by atoms with Crippen molar-refractivity contribution in [3.8, 4) is 5.75 Å². The van der Waals surface area contributed by atoms with Crippen molar-refractivity contribution < 1.29 is 9.53 Å². The van der Waals surface area contributed by atoms with Crippen LogP contribution in [0.5, 0.6) is 5.75 Å². The van der Waals surface area contributed by atoms with E-state index in [9.17, 15) is 4.79 Å². The van der Waals surface area contributed by atoms with Crippen LogP contribution in [0.15, 0.2) is 29.6 Å². The number of ketones is 1. The van der Waals surface area contributed by atoms with Crippen LogP contribution in [0.4, 0.5) is 5.82 Å². The summed E-state index contributed by atoms with van der Waals surface area (Å²) in [7, 11) is 1.53. The molecule has 0 saturated carbocycles. The average Bonchev–Trinajstić information content (AvgIpc) is 2.47. The van der Waals surface area contributed by atoms with E-state index in [-0.39, 0.29) is 11.6 Å². The van der Waals surface area contributed by atoms with Gasteiger partial charge in [-0.1, -0.05) is 30.3 Å². The lowest BCUT2D eigenvalue weighted by atomic mass is 10.0. The molecule has 0 aliphatic heterocycles. The molecule has 1 aromatic heterocycles. The summed E-state index contributed by atoms with van der Waals surface area (Å²) in [6.07, 6.45) is 1.48. The molecule has 0 bridgehead atoms. The molecule has 1 aromatic carbocycles. The summed E-state index contributed by atoms with van der Waals surface area (Å²) in [5.74, 6) is 1.31. The van der Waals surface area contributed by atoms with Crippen LogP contribution < -0.4 is 10.5 Å². The van der Waals surface area contributed by atoms with Crippen molar-refractivity contribution in [2.75, 3.05) is 18.6 Å². The lowest BCUT2D eigenvalue weighted by molar-refractivity contribution is 0.103. The maximum absolute atomic E-state index is 12.6. The van der Waals surface area contributed by atoms with Gasteiger partial charge in [0, 0.05) is 6.20 Å². The fraction of sp³-hybridized carbons (Fsp3) is 0.267. The molecular weight excluding hydrogens is 286 g/mol.